The molecule has 0 aromatic carbocycles. The molecule has 1 aliphatic heterocycles. The third kappa shape index (κ3) is 3.39. The van der Waals surface area contributed by atoms with Crippen LogP contribution in [0.3, 0.4) is 0 Å². The van der Waals surface area contributed by atoms with Gasteiger partial charge >= 0.3 is 6.03 Å². The zero-order chi connectivity index (χ0) is 14.7. The van der Waals surface area contributed by atoms with E-state index in [-0.39, 0.29) is 12.1 Å². The molecule has 7 heteroatoms. The Kier molecular flexibility index (Phi) is 4.80. The zero-order valence-electron chi connectivity index (χ0n) is 12.1. The minimum Gasteiger partial charge on any atom is -0.339 e. The Bertz CT molecular complexity index is 464. The highest BCUT2D eigenvalue weighted by molar-refractivity contribution is 9.10. The first-order chi connectivity index (χ1) is 9.49. The Balaban J connectivity index is 2.05. The first kappa shape index (κ1) is 15.0. The molecule has 0 saturated carbocycles. The lowest BCUT2D eigenvalue weighted by Crippen LogP contribution is -2.51. The van der Waals surface area contributed by atoms with Gasteiger partial charge in [0.05, 0.1) is 10.5 Å². The number of amides is 2. The first-order valence-corrected chi connectivity index (χ1v) is 7.45. The molecule has 0 aliphatic carbocycles. The van der Waals surface area contributed by atoms with Gasteiger partial charge in [0, 0.05) is 46.6 Å². The lowest BCUT2D eigenvalue weighted by Gasteiger charge is -2.38. The van der Waals surface area contributed by atoms with Crippen molar-refractivity contribution in [1.29, 1.82) is 0 Å². The Morgan fingerprint density at radius 2 is 2.00 bits per heavy atom. The molecule has 1 aromatic heterocycles. The molecule has 0 bridgehead atoms. The number of carbonyl (C=O) groups is 1. The molecule has 1 aromatic rings. The SMILES string of the molecule is CN(C)C(=O)N(C)C1CCCN(c2ncc(Br)cn2)C1. The minimum atomic E-state index is 0.0357. The molecule has 1 aliphatic rings. The fourth-order valence-electron chi connectivity index (χ4n) is 2.39. The van der Waals surface area contributed by atoms with Crippen molar-refractivity contribution in [1.82, 2.24) is 19.8 Å². The highest BCUT2D eigenvalue weighted by Gasteiger charge is 2.27. The van der Waals surface area contributed by atoms with Crippen molar-refractivity contribution in [2.24, 2.45) is 0 Å². The molecule has 1 atom stereocenters. The van der Waals surface area contributed by atoms with Crippen LogP contribution in [0.2, 0.25) is 0 Å². The summed E-state index contributed by atoms with van der Waals surface area (Å²) in [5.41, 5.74) is 0. The largest absolute Gasteiger partial charge is 0.339 e. The Labute approximate surface area is 127 Å². The van der Waals surface area contributed by atoms with E-state index in [4.69, 9.17) is 0 Å². The maximum absolute atomic E-state index is 12.0. The van der Waals surface area contributed by atoms with Gasteiger partial charge in [-0.1, -0.05) is 0 Å². The maximum Gasteiger partial charge on any atom is 0.319 e. The van der Waals surface area contributed by atoms with E-state index in [1.165, 1.54) is 0 Å². The van der Waals surface area contributed by atoms with Crippen molar-refractivity contribution in [2.45, 2.75) is 18.9 Å². The summed E-state index contributed by atoms with van der Waals surface area (Å²) in [7, 11) is 5.41. The van der Waals surface area contributed by atoms with Crippen LogP contribution >= 0.6 is 15.9 Å². The summed E-state index contributed by atoms with van der Waals surface area (Å²) in [6.45, 7) is 1.71. The molecule has 6 nitrogen and oxygen atoms in total. The number of aromatic nitrogens is 2. The van der Waals surface area contributed by atoms with E-state index in [0.717, 1.165) is 36.4 Å². The van der Waals surface area contributed by atoms with Crippen LogP contribution in [0, 0.1) is 0 Å². The summed E-state index contributed by atoms with van der Waals surface area (Å²) in [4.78, 5) is 26.2. The molecule has 20 heavy (non-hydrogen) atoms. The van der Waals surface area contributed by atoms with Gasteiger partial charge in [0.25, 0.3) is 0 Å². The molecule has 1 unspecified atom stereocenters. The highest BCUT2D eigenvalue weighted by atomic mass is 79.9. The van der Waals surface area contributed by atoms with Crippen molar-refractivity contribution >= 4 is 27.9 Å². The number of likely N-dealkylation sites (N-methyl/N-ethyl adjacent to an activating group) is 1. The molecule has 1 fully saturated rings. The summed E-state index contributed by atoms with van der Waals surface area (Å²) in [5, 5.41) is 0. The van der Waals surface area contributed by atoms with E-state index in [1.807, 2.05) is 11.9 Å². The van der Waals surface area contributed by atoms with Gasteiger partial charge in [0.1, 0.15) is 0 Å². The second kappa shape index (κ2) is 6.39. The number of piperidine rings is 1. The van der Waals surface area contributed by atoms with Gasteiger partial charge in [0.2, 0.25) is 5.95 Å². The smallest absolute Gasteiger partial charge is 0.319 e. The van der Waals surface area contributed by atoms with Gasteiger partial charge in [-0.25, -0.2) is 14.8 Å². The molecule has 0 radical (unpaired) electrons. The fraction of sp³-hybridized carbons (Fsp3) is 0.615. The predicted octanol–water partition coefficient (Wildman–Crippen LogP) is 1.82. The predicted molar refractivity (Wildman–Crippen MR) is 81.8 cm³/mol. The van der Waals surface area contributed by atoms with Gasteiger partial charge in [-0.3, -0.25) is 0 Å². The summed E-state index contributed by atoms with van der Waals surface area (Å²) >= 11 is 3.34. The number of nitrogens with zero attached hydrogens (tertiary/aromatic N) is 5. The molecule has 110 valence electrons. The minimum absolute atomic E-state index is 0.0357. The molecule has 2 amide bonds. The topological polar surface area (TPSA) is 52.6 Å². The normalized spacial score (nSPS) is 18.8. The van der Waals surface area contributed by atoms with Gasteiger partial charge in [-0.05, 0) is 28.8 Å². The van der Waals surface area contributed by atoms with Gasteiger partial charge in [-0.15, -0.1) is 0 Å². The monoisotopic (exact) mass is 341 g/mol. The molecule has 0 spiro atoms. The Hall–Kier alpha value is -1.37. The van der Waals surface area contributed by atoms with Crippen LogP contribution in [0.25, 0.3) is 0 Å². The Morgan fingerprint density at radius 3 is 2.60 bits per heavy atom. The number of halogens is 1. The summed E-state index contributed by atoms with van der Waals surface area (Å²) in [5.74, 6) is 0.726. The fourth-order valence-corrected chi connectivity index (χ4v) is 2.60. The van der Waals surface area contributed by atoms with E-state index in [0.29, 0.717) is 0 Å². The lowest BCUT2D eigenvalue weighted by atomic mass is 10.1. The van der Waals surface area contributed by atoms with Crippen molar-refractivity contribution < 1.29 is 4.79 Å². The average Bonchev–Trinajstić information content (AvgIpc) is 2.46. The van der Waals surface area contributed by atoms with Crippen LogP contribution in [0.4, 0.5) is 10.7 Å². The molecular formula is C13H20BrN5O. The van der Waals surface area contributed by atoms with Crippen LogP contribution < -0.4 is 4.90 Å². The van der Waals surface area contributed by atoms with Crippen LogP contribution in [0.1, 0.15) is 12.8 Å². The van der Waals surface area contributed by atoms with Crippen molar-refractivity contribution in [3.8, 4) is 0 Å². The number of anilines is 1. The van der Waals surface area contributed by atoms with E-state index >= 15 is 0 Å². The van der Waals surface area contributed by atoms with Gasteiger partial charge in [-0.2, -0.15) is 0 Å². The van der Waals surface area contributed by atoms with Gasteiger partial charge < -0.3 is 14.7 Å². The second-order valence-electron chi connectivity index (χ2n) is 5.23. The maximum atomic E-state index is 12.0. The third-order valence-electron chi connectivity index (χ3n) is 3.52. The summed E-state index contributed by atoms with van der Waals surface area (Å²) < 4.78 is 0.870. The van der Waals surface area contributed by atoms with E-state index in [2.05, 4.69) is 30.8 Å². The first-order valence-electron chi connectivity index (χ1n) is 6.65. The van der Waals surface area contributed by atoms with Crippen molar-refractivity contribution in [3.63, 3.8) is 0 Å². The molecule has 0 N–H and O–H groups in total. The number of urea groups is 1. The number of rotatable bonds is 2. The van der Waals surface area contributed by atoms with Crippen LogP contribution in [0.5, 0.6) is 0 Å². The van der Waals surface area contributed by atoms with E-state index < -0.39 is 0 Å². The number of hydrogen-bond donors (Lipinski definition) is 0. The number of carbonyl (C=O) groups excluding carboxylic acids is 1. The molecule has 2 heterocycles. The van der Waals surface area contributed by atoms with Crippen LogP contribution in [-0.4, -0.2) is 66.1 Å². The van der Waals surface area contributed by atoms with Crippen molar-refractivity contribution in [2.75, 3.05) is 39.1 Å². The number of hydrogen-bond acceptors (Lipinski definition) is 4. The summed E-state index contributed by atoms with van der Waals surface area (Å²) in [6.07, 6.45) is 5.56. The van der Waals surface area contributed by atoms with Crippen LogP contribution in [-0.2, 0) is 0 Å². The quantitative estimate of drug-likeness (QED) is 0.823. The van der Waals surface area contributed by atoms with E-state index in [9.17, 15) is 4.79 Å². The molecular weight excluding hydrogens is 322 g/mol. The second-order valence-corrected chi connectivity index (χ2v) is 6.15. The lowest BCUT2D eigenvalue weighted by molar-refractivity contribution is 0.157. The standard InChI is InChI=1S/C13H20BrN5O/c1-17(2)13(20)18(3)11-5-4-6-19(9-11)12-15-7-10(14)8-16-12/h7-8,11H,4-6,9H2,1-3H3. The zero-order valence-corrected chi connectivity index (χ0v) is 13.7. The summed E-state index contributed by atoms with van der Waals surface area (Å²) in [6, 6.07) is 0.236. The van der Waals surface area contributed by atoms with Gasteiger partial charge in [0.15, 0.2) is 0 Å². The van der Waals surface area contributed by atoms with Crippen LogP contribution in [0.15, 0.2) is 16.9 Å². The third-order valence-corrected chi connectivity index (χ3v) is 3.93. The van der Waals surface area contributed by atoms with E-state index in [1.54, 1.807) is 31.4 Å². The molecule has 2 rings (SSSR count). The Morgan fingerprint density at radius 1 is 1.35 bits per heavy atom. The van der Waals surface area contributed by atoms with Crippen molar-refractivity contribution in [3.05, 3.63) is 16.9 Å². The average molecular weight is 342 g/mol. The highest BCUT2D eigenvalue weighted by Crippen LogP contribution is 2.20. The molecule has 1 saturated heterocycles.